The molecule has 122 valence electrons. The highest BCUT2D eigenvalue weighted by atomic mass is 35.5. The average Bonchev–Trinajstić information content (AvgIpc) is 3.06. The minimum Gasteiger partial charge on any atom is -0.360 e. The largest absolute Gasteiger partial charge is 0.360 e. The molecule has 2 N–H and O–H groups in total. The zero-order valence-electron chi connectivity index (χ0n) is 13.2. The van der Waals surface area contributed by atoms with Crippen LogP contribution in [0, 0.1) is 0 Å². The quantitative estimate of drug-likeness (QED) is 0.408. The van der Waals surface area contributed by atoms with Gasteiger partial charge in [0.05, 0.1) is 11.7 Å². The molecular formula is C20H14ClN3O. The number of nitrogens with one attached hydrogen (secondary N) is 2. The first kappa shape index (κ1) is 15.4. The van der Waals surface area contributed by atoms with Crippen LogP contribution in [0.1, 0.15) is 15.9 Å². The van der Waals surface area contributed by atoms with Gasteiger partial charge in [0.15, 0.2) is 0 Å². The summed E-state index contributed by atoms with van der Waals surface area (Å²) in [7, 11) is 0. The fourth-order valence-corrected chi connectivity index (χ4v) is 2.95. The molecule has 5 heteroatoms. The zero-order valence-corrected chi connectivity index (χ0v) is 13.9. The van der Waals surface area contributed by atoms with Gasteiger partial charge in [0.1, 0.15) is 0 Å². The summed E-state index contributed by atoms with van der Waals surface area (Å²) >= 11 is 5.82. The first-order chi connectivity index (χ1) is 12.2. The first-order valence-electron chi connectivity index (χ1n) is 7.80. The van der Waals surface area contributed by atoms with Crippen molar-refractivity contribution >= 4 is 45.4 Å². The van der Waals surface area contributed by atoms with E-state index in [0.717, 1.165) is 21.9 Å². The van der Waals surface area contributed by atoms with E-state index >= 15 is 0 Å². The van der Waals surface area contributed by atoms with Crippen molar-refractivity contribution in [1.29, 1.82) is 0 Å². The standard InChI is InChI=1S/C20H14ClN3O/c21-16-8-5-14(6-9-16)20(25)24-23-12-15-11-22-19-17-4-2-1-3-13(17)7-10-18(15)19/h1-12,22H,(H,24,25)/b23-12-. The first-order valence-corrected chi connectivity index (χ1v) is 8.18. The van der Waals surface area contributed by atoms with E-state index in [1.807, 2.05) is 18.3 Å². The van der Waals surface area contributed by atoms with Gasteiger partial charge in [0, 0.05) is 33.1 Å². The Balaban J connectivity index is 1.58. The molecule has 1 heterocycles. The summed E-state index contributed by atoms with van der Waals surface area (Å²) in [5.74, 6) is -0.279. The summed E-state index contributed by atoms with van der Waals surface area (Å²) in [6.07, 6.45) is 3.52. The van der Waals surface area contributed by atoms with Crippen molar-refractivity contribution in [2.45, 2.75) is 0 Å². The molecule has 0 bridgehead atoms. The van der Waals surface area contributed by atoms with Crippen molar-refractivity contribution in [3.8, 4) is 0 Å². The maximum absolute atomic E-state index is 12.0. The Morgan fingerprint density at radius 3 is 2.64 bits per heavy atom. The number of aromatic nitrogens is 1. The second-order valence-electron chi connectivity index (χ2n) is 5.66. The van der Waals surface area contributed by atoms with Gasteiger partial charge in [-0.3, -0.25) is 4.79 Å². The topological polar surface area (TPSA) is 57.2 Å². The van der Waals surface area contributed by atoms with E-state index in [1.54, 1.807) is 30.5 Å². The SMILES string of the molecule is O=C(N/N=C\c1c[nH]c2c1ccc1ccccc12)c1ccc(Cl)cc1. The number of hydrogen-bond acceptors (Lipinski definition) is 2. The van der Waals surface area contributed by atoms with Crippen LogP contribution >= 0.6 is 11.6 Å². The summed E-state index contributed by atoms with van der Waals surface area (Å²) in [5, 5.41) is 8.05. The smallest absolute Gasteiger partial charge is 0.271 e. The van der Waals surface area contributed by atoms with Crippen LogP contribution in [-0.4, -0.2) is 17.1 Å². The van der Waals surface area contributed by atoms with Crippen LogP contribution in [0.4, 0.5) is 0 Å². The maximum Gasteiger partial charge on any atom is 0.271 e. The molecule has 0 saturated carbocycles. The van der Waals surface area contributed by atoms with Crippen LogP contribution in [0.15, 0.2) is 72.0 Å². The Bertz CT molecular complexity index is 1100. The third-order valence-corrected chi connectivity index (χ3v) is 4.34. The summed E-state index contributed by atoms with van der Waals surface area (Å²) in [6.45, 7) is 0. The minimum absolute atomic E-state index is 0.279. The molecule has 4 nitrogen and oxygen atoms in total. The van der Waals surface area contributed by atoms with Crippen molar-refractivity contribution in [2.24, 2.45) is 5.10 Å². The van der Waals surface area contributed by atoms with E-state index in [-0.39, 0.29) is 5.91 Å². The van der Waals surface area contributed by atoms with E-state index in [9.17, 15) is 4.79 Å². The Morgan fingerprint density at radius 1 is 1.00 bits per heavy atom. The molecule has 0 unspecified atom stereocenters. The van der Waals surface area contributed by atoms with Crippen molar-refractivity contribution in [1.82, 2.24) is 10.4 Å². The van der Waals surface area contributed by atoms with Gasteiger partial charge < -0.3 is 4.98 Å². The number of rotatable bonds is 3. The minimum atomic E-state index is -0.279. The number of carbonyl (C=O) groups is 1. The predicted molar refractivity (Wildman–Crippen MR) is 102 cm³/mol. The summed E-state index contributed by atoms with van der Waals surface area (Å²) in [6, 6.07) is 19.0. The van der Waals surface area contributed by atoms with Gasteiger partial charge in [-0.25, -0.2) is 5.43 Å². The Kier molecular flexibility index (Phi) is 3.96. The number of aromatic amines is 1. The number of hydrogen-bond donors (Lipinski definition) is 2. The van der Waals surface area contributed by atoms with Crippen LogP contribution in [0.2, 0.25) is 5.02 Å². The van der Waals surface area contributed by atoms with Gasteiger partial charge in [-0.05, 0) is 29.7 Å². The maximum atomic E-state index is 12.0. The number of hydrazone groups is 1. The summed E-state index contributed by atoms with van der Waals surface area (Å²) < 4.78 is 0. The van der Waals surface area contributed by atoms with Crippen molar-refractivity contribution < 1.29 is 4.79 Å². The molecule has 25 heavy (non-hydrogen) atoms. The zero-order chi connectivity index (χ0) is 17.2. The van der Waals surface area contributed by atoms with Crippen molar-refractivity contribution in [2.75, 3.05) is 0 Å². The molecule has 0 aliphatic rings. The number of nitrogens with zero attached hydrogens (tertiary/aromatic N) is 1. The lowest BCUT2D eigenvalue weighted by molar-refractivity contribution is 0.0955. The average molecular weight is 348 g/mol. The molecule has 0 radical (unpaired) electrons. The molecular weight excluding hydrogens is 334 g/mol. The van der Waals surface area contributed by atoms with Gasteiger partial charge in [-0.1, -0.05) is 48.0 Å². The van der Waals surface area contributed by atoms with Crippen LogP contribution in [0.25, 0.3) is 21.7 Å². The molecule has 0 spiro atoms. The van der Waals surface area contributed by atoms with E-state index in [1.165, 1.54) is 5.39 Å². The lowest BCUT2D eigenvalue weighted by Crippen LogP contribution is -2.17. The summed E-state index contributed by atoms with van der Waals surface area (Å²) in [4.78, 5) is 15.3. The Morgan fingerprint density at radius 2 is 1.80 bits per heavy atom. The van der Waals surface area contributed by atoms with E-state index < -0.39 is 0 Å². The number of fused-ring (bicyclic) bond motifs is 3. The van der Waals surface area contributed by atoms with Gasteiger partial charge in [-0.15, -0.1) is 0 Å². The Hall–Kier alpha value is -3.11. The van der Waals surface area contributed by atoms with E-state index in [2.05, 4.69) is 39.8 Å². The van der Waals surface area contributed by atoms with Crippen LogP contribution in [0.5, 0.6) is 0 Å². The lowest BCUT2D eigenvalue weighted by atomic mass is 10.1. The third kappa shape index (κ3) is 2.99. The highest BCUT2D eigenvalue weighted by Crippen LogP contribution is 2.26. The normalized spacial score (nSPS) is 11.4. The Labute approximate surface area is 149 Å². The molecule has 4 rings (SSSR count). The predicted octanol–water partition coefficient (Wildman–Crippen LogP) is 4.74. The fraction of sp³-hybridized carbons (Fsp3) is 0. The van der Waals surface area contributed by atoms with Crippen molar-refractivity contribution in [3.05, 3.63) is 83.0 Å². The second-order valence-corrected chi connectivity index (χ2v) is 6.10. The van der Waals surface area contributed by atoms with E-state index in [0.29, 0.717) is 10.6 Å². The van der Waals surface area contributed by atoms with E-state index in [4.69, 9.17) is 11.6 Å². The number of carbonyl (C=O) groups excluding carboxylic acids is 1. The van der Waals surface area contributed by atoms with Gasteiger partial charge >= 0.3 is 0 Å². The van der Waals surface area contributed by atoms with Gasteiger partial charge in [0.2, 0.25) is 0 Å². The monoisotopic (exact) mass is 347 g/mol. The molecule has 4 aromatic rings. The fourth-order valence-electron chi connectivity index (χ4n) is 2.83. The number of halogens is 1. The molecule has 0 aliphatic heterocycles. The second kappa shape index (κ2) is 6.42. The highest BCUT2D eigenvalue weighted by Gasteiger charge is 2.06. The molecule has 0 saturated heterocycles. The summed E-state index contributed by atoms with van der Waals surface area (Å²) in [5.41, 5.74) is 5.01. The van der Waals surface area contributed by atoms with Gasteiger partial charge in [-0.2, -0.15) is 5.10 Å². The molecule has 0 fully saturated rings. The number of amides is 1. The van der Waals surface area contributed by atoms with Gasteiger partial charge in [0.25, 0.3) is 5.91 Å². The lowest BCUT2D eigenvalue weighted by Gasteiger charge is -2.00. The van der Waals surface area contributed by atoms with Crippen LogP contribution < -0.4 is 5.43 Å². The highest BCUT2D eigenvalue weighted by molar-refractivity contribution is 6.30. The molecule has 0 aliphatic carbocycles. The molecule has 1 aromatic heterocycles. The van der Waals surface area contributed by atoms with Crippen molar-refractivity contribution in [3.63, 3.8) is 0 Å². The molecule has 0 atom stereocenters. The number of benzene rings is 3. The number of H-pyrrole nitrogens is 1. The molecule has 1 amide bonds. The van der Waals surface area contributed by atoms with Crippen LogP contribution in [0.3, 0.4) is 0 Å². The molecule has 3 aromatic carbocycles. The van der Waals surface area contributed by atoms with Crippen LogP contribution in [-0.2, 0) is 0 Å². The third-order valence-electron chi connectivity index (χ3n) is 4.09.